The fourth-order valence-corrected chi connectivity index (χ4v) is 3.44. The molecule has 0 atom stereocenters. The Balaban J connectivity index is 1.84. The molecule has 1 aliphatic heterocycles. The van der Waals surface area contributed by atoms with Crippen LogP contribution in [0.1, 0.15) is 39.1 Å². The van der Waals surface area contributed by atoms with Crippen LogP contribution in [-0.2, 0) is 10.2 Å². The van der Waals surface area contributed by atoms with Crippen molar-refractivity contribution < 1.29 is 24.4 Å². The smallest absolute Gasteiger partial charge is 0.335 e. The third kappa shape index (κ3) is 4.17. The number of hydrogen-bond acceptors (Lipinski definition) is 5. The van der Waals surface area contributed by atoms with Gasteiger partial charge in [-0.05, 0) is 24.5 Å². The van der Waals surface area contributed by atoms with Crippen molar-refractivity contribution in [2.75, 3.05) is 19.8 Å². The zero-order chi connectivity index (χ0) is 20.1. The number of hydrogen-bond donors (Lipinski definition) is 2. The molecule has 28 heavy (non-hydrogen) atoms. The van der Waals surface area contributed by atoms with Gasteiger partial charge in [0, 0.05) is 42.9 Å². The standard InChI is InChI=1S/C20H20N2O6/c23-18(14-10-15(19(24)25)12-17(11-14)22(26)27)21-13-20(6-8-28-9-7-20)16-4-2-1-3-5-16/h1-5,10-12H,6-9,13H2,(H,21,23)(H,24,25). The summed E-state index contributed by atoms with van der Waals surface area (Å²) >= 11 is 0. The number of benzene rings is 2. The van der Waals surface area contributed by atoms with Gasteiger partial charge in [0.05, 0.1) is 10.5 Å². The molecule has 2 N–H and O–H groups in total. The number of carbonyl (C=O) groups excluding carboxylic acids is 1. The summed E-state index contributed by atoms with van der Waals surface area (Å²) in [6.07, 6.45) is 1.46. The molecule has 2 aromatic rings. The topological polar surface area (TPSA) is 119 Å². The average Bonchev–Trinajstić information content (AvgIpc) is 2.73. The molecular formula is C20H20N2O6. The Bertz CT molecular complexity index is 859. The van der Waals surface area contributed by atoms with Crippen LogP contribution in [0.3, 0.4) is 0 Å². The Morgan fingerprint density at radius 1 is 1.11 bits per heavy atom. The molecule has 0 saturated carbocycles. The summed E-state index contributed by atoms with van der Waals surface area (Å²) in [6.45, 7) is 1.47. The van der Waals surface area contributed by atoms with Crippen molar-refractivity contribution in [3.8, 4) is 0 Å². The fourth-order valence-electron chi connectivity index (χ4n) is 3.44. The Labute approximate surface area is 161 Å². The number of nitrogens with one attached hydrogen (secondary N) is 1. The molecule has 0 unspecified atom stereocenters. The second kappa shape index (κ2) is 8.18. The molecule has 146 valence electrons. The normalized spacial score (nSPS) is 15.6. The first kappa shape index (κ1) is 19.5. The number of aromatic carboxylic acids is 1. The monoisotopic (exact) mass is 384 g/mol. The third-order valence-electron chi connectivity index (χ3n) is 5.06. The van der Waals surface area contributed by atoms with Gasteiger partial charge < -0.3 is 15.2 Å². The van der Waals surface area contributed by atoms with Crippen molar-refractivity contribution in [1.29, 1.82) is 0 Å². The zero-order valence-corrected chi connectivity index (χ0v) is 15.1. The molecule has 0 bridgehead atoms. The van der Waals surface area contributed by atoms with E-state index in [0.29, 0.717) is 19.8 Å². The molecule has 1 fully saturated rings. The van der Waals surface area contributed by atoms with Crippen molar-refractivity contribution in [3.05, 3.63) is 75.3 Å². The van der Waals surface area contributed by atoms with Crippen LogP contribution in [0.15, 0.2) is 48.5 Å². The zero-order valence-electron chi connectivity index (χ0n) is 15.1. The van der Waals surface area contributed by atoms with Crippen LogP contribution in [0, 0.1) is 10.1 Å². The highest BCUT2D eigenvalue weighted by molar-refractivity contribution is 5.98. The van der Waals surface area contributed by atoms with Gasteiger partial charge in [0.25, 0.3) is 11.6 Å². The molecule has 8 heteroatoms. The van der Waals surface area contributed by atoms with Gasteiger partial charge in [-0.3, -0.25) is 14.9 Å². The number of carboxylic acids is 1. The van der Waals surface area contributed by atoms with Crippen molar-refractivity contribution in [2.24, 2.45) is 0 Å². The number of non-ortho nitro benzene ring substituents is 1. The molecule has 0 aliphatic carbocycles. The van der Waals surface area contributed by atoms with Gasteiger partial charge in [0.2, 0.25) is 0 Å². The summed E-state index contributed by atoms with van der Waals surface area (Å²) in [5.41, 5.74) is -0.00581. The fraction of sp³-hybridized carbons (Fsp3) is 0.300. The first-order valence-corrected chi connectivity index (χ1v) is 8.85. The molecule has 0 aromatic heterocycles. The molecule has 1 amide bonds. The predicted molar refractivity (Wildman–Crippen MR) is 101 cm³/mol. The van der Waals surface area contributed by atoms with Gasteiger partial charge in [0.1, 0.15) is 0 Å². The van der Waals surface area contributed by atoms with E-state index in [9.17, 15) is 19.7 Å². The van der Waals surface area contributed by atoms with E-state index in [1.54, 1.807) is 0 Å². The molecule has 0 radical (unpaired) electrons. The maximum absolute atomic E-state index is 12.7. The van der Waals surface area contributed by atoms with E-state index in [1.807, 2.05) is 30.3 Å². The Morgan fingerprint density at radius 3 is 2.36 bits per heavy atom. The van der Waals surface area contributed by atoms with Crippen molar-refractivity contribution in [2.45, 2.75) is 18.3 Å². The minimum atomic E-state index is -1.33. The summed E-state index contributed by atoms with van der Waals surface area (Å²) in [6, 6.07) is 13.0. The van der Waals surface area contributed by atoms with E-state index in [-0.39, 0.29) is 16.5 Å². The summed E-state index contributed by atoms with van der Waals surface area (Å²) in [5, 5.41) is 23.0. The van der Waals surface area contributed by atoms with E-state index >= 15 is 0 Å². The number of carboxylic acid groups (broad SMARTS) is 1. The van der Waals surface area contributed by atoms with Crippen molar-refractivity contribution >= 4 is 17.6 Å². The van der Waals surface area contributed by atoms with Gasteiger partial charge in [-0.25, -0.2) is 4.79 Å². The number of carbonyl (C=O) groups is 2. The number of nitro groups is 1. The van der Waals surface area contributed by atoms with Crippen LogP contribution in [0.5, 0.6) is 0 Å². The van der Waals surface area contributed by atoms with Gasteiger partial charge in [-0.1, -0.05) is 30.3 Å². The molecule has 1 heterocycles. The second-order valence-electron chi connectivity index (χ2n) is 6.77. The highest BCUT2D eigenvalue weighted by Crippen LogP contribution is 2.34. The molecule has 0 spiro atoms. The molecule has 1 saturated heterocycles. The predicted octanol–water partition coefficient (Wildman–Crippen LogP) is 2.77. The second-order valence-corrected chi connectivity index (χ2v) is 6.77. The van der Waals surface area contributed by atoms with E-state index in [4.69, 9.17) is 9.84 Å². The summed E-state index contributed by atoms with van der Waals surface area (Å²) < 4.78 is 5.47. The first-order chi connectivity index (χ1) is 13.4. The molecule has 8 nitrogen and oxygen atoms in total. The van der Waals surface area contributed by atoms with Gasteiger partial charge in [0.15, 0.2) is 0 Å². The van der Waals surface area contributed by atoms with Crippen LogP contribution in [0.2, 0.25) is 0 Å². The first-order valence-electron chi connectivity index (χ1n) is 8.85. The Hall–Kier alpha value is -3.26. The minimum absolute atomic E-state index is 0.0538. The highest BCUT2D eigenvalue weighted by atomic mass is 16.6. The summed E-state index contributed by atoms with van der Waals surface area (Å²) in [7, 11) is 0. The number of amides is 1. The van der Waals surface area contributed by atoms with Gasteiger partial charge >= 0.3 is 5.97 Å². The highest BCUT2D eigenvalue weighted by Gasteiger charge is 2.35. The van der Waals surface area contributed by atoms with Gasteiger partial charge in [-0.2, -0.15) is 0 Å². The van der Waals surface area contributed by atoms with Crippen LogP contribution in [0.4, 0.5) is 5.69 Å². The van der Waals surface area contributed by atoms with Crippen LogP contribution >= 0.6 is 0 Å². The largest absolute Gasteiger partial charge is 0.478 e. The molecule has 1 aliphatic rings. The van der Waals surface area contributed by atoms with Gasteiger partial charge in [-0.15, -0.1) is 0 Å². The molecule has 3 rings (SSSR count). The van der Waals surface area contributed by atoms with Crippen LogP contribution in [0.25, 0.3) is 0 Å². The Kier molecular flexibility index (Phi) is 5.70. The summed E-state index contributed by atoms with van der Waals surface area (Å²) in [4.78, 5) is 34.2. The SMILES string of the molecule is O=C(O)c1cc(C(=O)NCC2(c3ccccc3)CCOCC2)cc([N+](=O)[O-])c1. The summed E-state index contributed by atoms with van der Waals surface area (Å²) in [5.74, 6) is -1.88. The number of ether oxygens (including phenoxy) is 1. The number of nitro benzene ring substituents is 1. The van der Waals surface area contributed by atoms with E-state index < -0.39 is 22.5 Å². The molecule has 2 aromatic carbocycles. The lowest BCUT2D eigenvalue weighted by molar-refractivity contribution is -0.384. The average molecular weight is 384 g/mol. The van der Waals surface area contributed by atoms with E-state index in [1.165, 1.54) is 0 Å². The minimum Gasteiger partial charge on any atom is -0.478 e. The number of nitrogens with zero attached hydrogens (tertiary/aromatic N) is 1. The lowest BCUT2D eigenvalue weighted by Crippen LogP contribution is -2.44. The van der Waals surface area contributed by atoms with Crippen molar-refractivity contribution in [1.82, 2.24) is 5.32 Å². The Morgan fingerprint density at radius 2 is 1.75 bits per heavy atom. The number of rotatable bonds is 6. The van der Waals surface area contributed by atoms with Crippen LogP contribution < -0.4 is 5.32 Å². The van der Waals surface area contributed by atoms with Crippen molar-refractivity contribution in [3.63, 3.8) is 0 Å². The van der Waals surface area contributed by atoms with E-state index in [2.05, 4.69) is 5.32 Å². The maximum atomic E-state index is 12.7. The quantitative estimate of drug-likeness (QED) is 0.584. The van der Waals surface area contributed by atoms with E-state index in [0.717, 1.165) is 36.6 Å². The molecular weight excluding hydrogens is 364 g/mol. The van der Waals surface area contributed by atoms with Crippen LogP contribution in [-0.4, -0.2) is 41.7 Å². The third-order valence-corrected chi connectivity index (χ3v) is 5.06. The lowest BCUT2D eigenvalue weighted by Gasteiger charge is -2.38. The lowest BCUT2D eigenvalue weighted by atomic mass is 9.74. The maximum Gasteiger partial charge on any atom is 0.335 e.